The van der Waals surface area contributed by atoms with E-state index in [9.17, 15) is 10.2 Å². The molecule has 3 nitrogen and oxygen atoms in total. The van der Waals surface area contributed by atoms with E-state index in [0.717, 1.165) is 32.2 Å². The zero-order chi connectivity index (χ0) is 13.7. The van der Waals surface area contributed by atoms with Gasteiger partial charge >= 0.3 is 0 Å². The quantitative estimate of drug-likeness (QED) is 0.765. The molecule has 3 N–H and O–H groups in total. The highest BCUT2D eigenvalue weighted by Gasteiger charge is 2.20. The Morgan fingerprint density at radius 1 is 1.26 bits per heavy atom. The third kappa shape index (κ3) is 4.84. The van der Waals surface area contributed by atoms with Gasteiger partial charge in [0.05, 0.1) is 6.10 Å². The zero-order valence-corrected chi connectivity index (χ0v) is 11.7. The van der Waals surface area contributed by atoms with Crippen LogP contribution in [0, 0.1) is 5.92 Å². The number of hydrogen-bond acceptors (Lipinski definition) is 3. The molecule has 1 fully saturated rings. The third-order valence-electron chi connectivity index (χ3n) is 3.99. The number of aliphatic hydroxyl groups excluding tert-OH is 1. The SMILES string of the molecule is CC(Cc1ccc(O)cc1)NCC1CCCC(O)C1. The molecule has 0 spiro atoms. The first-order chi connectivity index (χ1) is 9.13. The van der Waals surface area contributed by atoms with Crippen LogP contribution in [0.4, 0.5) is 0 Å². The summed E-state index contributed by atoms with van der Waals surface area (Å²) in [4.78, 5) is 0. The summed E-state index contributed by atoms with van der Waals surface area (Å²) in [5.41, 5.74) is 1.24. The predicted octanol–water partition coefficient (Wildman–Crippen LogP) is 2.46. The van der Waals surface area contributed by atoms with Crippen LogP contribution in [0.3, 0.4) is 0 Å². The highest BCUT2D eigenvalue weighted by atomic mass is 16.3. The molecule has 3 heteroatoms. The number of phenols is 1. The molecule has 106 valence electrons. The molecule has 3 unspecified atom stereocenters. The number of benzene rings is 1. The van der Waals surface area contributed by atoms with E-state index in [1.807, 2.05) is 12.1 Å². The summed E-state index contributed by atoms with van der Waals surface area (Å²) in [6.07, 6.45) is 5.18. The van der Waals surface area contributed by atoms with Crippen LogP contribution in [0.2, 0.25) is 0 Å². The van der Waals surface area contributed by atoms with E-state index in [4.69, 9.17) is 0 Å². The fourth-order valence-electron chi connectivity index (χ4n) is 2.87. The molecular weight excluding hydrogens is 238 g/mol. The maximum atomic E-state index is 9.65. The first-order valence-corrected chi connectivity index (χ1v) is 7.33. The Morgan fingerprint density at radius 2 is 2.00 bits per heavy atom. The fourth-order valence-corrected chi connectivity index (χ4v) is 2.87. The van der Waals surface area contributed by atoms with Crippen LogP contribution in [0.1, 0.15) is 38.2 Å². The lowest BCUT2D eigenvalue weighted by atomic mass is 9.87. The second kappa shape index (κ2) is 6.92. The van der Waals surface area contributed by atoms with Crippen LogP contribution in [0.25, 0.3) is 0 Å². The summed E-state index contributed by atoms with van der Waals surface area (Å²) in [5.74, 6) is 0.937. The molecule has 1 aliphatic rings. The van der Waals surface area contributed by atoms with Crippen LogP contribution in [-0.4, -0.2) is 28.9 Å². The molecule has 0 saturated heterocycles. The molecule has 0 bridgehead atoms. The molecule has 3 atom stereocenters. The van der Waals surface area contributed by atoms with E-state index >= 15 is 0 Å². The van der Waals surface area contributed by atoms with Crippen molar-refractivity contribution in [2.45, 2.75) is 51.2 Å². The number of nitrogens with one attached hydrogen (secondary N) is 1. The van der Waals surface area contributed by atoms with Crippen molar-refractivity contribution in [1.29, 1.82) is 0 Å². The summed E-state index contributed by atoms with van der Waals surface area (Å²) in [6.45, 7) is 3.18. The summed E-state index contributed by atoms with van der Waals surface area (Å²) >= 11 is 0. The first-order valence-electron chi connectivity index (χ1n) is 7.33. The first kappa shape index (κ1) is 14.4. The Kier molecular flexibility index (Phi) is 5.23. The molecule has 1 aliphatic carbocycles. The Bertz CT molecular complexity index is 377. The normalized spacial score (nSPS) is 25.2. The molecule has 0 radical (unpaired) electrons. The lowest BCUT2D eigenvalue weighted by molar-refractivity contribution is 0.0998. The van der Waals surface area contributed by atoms with Crippen LogP contribution >= 0.6 is 0 Å². The lowest BCUT2D eigenvalue weighted by Gasteiger charge is -2.27. The summed E-state index contributed by atoms with van der Waals surface area (Å²) < 4.78 is 0. The molecule has 19 heavy (non-hydrogen) atoms. The molecule has 0 amide bonds. The van der Waals surface area contributed by atoms with Gasteiger partial charge in [0.1, 0.15) is 5.75 Å². The van der Waals surface area contributed by atoms with Crippen molar-refractivity contribution in [2.24, 2.45) is 5.92 Å². The maximum Gasteiger partial charge on any atom is 0.115 e. The Hall–Kier alpha value is -1.06. The van der Waals surface area contributed by atoms with Crippen molar-refractivity contribution >= 4 is 0 Å². The van der Waals surface area contributed by atoms with Crippen LogP contribution in [0.15, 0.2) is 24.3 Å². The van der Waals surface area contributed by atoms with Gasteiger partial charge in [-0.2, -0.15) is 0 Å². The Morgan fingerprint density at radius 3 is 2.68 bits per heavy atom. The largest absolute Gasteiger partial charge is 0.508 e. The zero-order valence-electron chi connectivity index (χ0n) is 11.7. The highest BCUT2D eigenvalue weighted by Crippen LogP contribution is 2.23. The van der Waals surface area contributed by atoms with Crippen molar-refractivity contribution < 1.29 is 10.2 Å². The standard InChI is InChI=1S/C16H25NO2/c1-12(9-13-5-7-15(18)8-6-13)17-11-14-3-2-4-16(19)10-14/h5-8,12,14,16-19H,2-4,9-11H2,1H3. The maximum absolute atomic E-state index is 9.65. The summed E-state index contributed by atoms with van der Waals surface area (Å²) in [5, 5.41) is 22.5. The van der Waals surface area contributed by atoms with Crippen molar-refractivity contribution in [2.75, 3.05) is 6.54 Å². The number of phenolic OH excluding ortho intramolecular Hbond substituents is 1. The van der Waals surface area contributed by atoms with E-state index in [1.54, 1.807) is 12.1 Å². The molecule has 0 heterocycles. The minimum Gasteiger partial charge on any atom is -0.508 e. The van der Waals surface area contributed by atoms with Crippen LogP contribution in [0.5, 0.6) is 5.75 Å². The number of aliphatic hydroxyl groups is 1. The smallest absolute Gasteiger partial charge is 0.115 e. The molecule has 1 saturated carbocycles. The van der Waals surface area contributed by atoms with Crippen molar-refractivity contribution in [3.05, 3.63) is 29.8 Å². The third-order valence-corrected chi connectivity index (χ3v) is 3.99. The van der Waals surface area contributed by atoms with Crippen LogP contribution < -0.4 is 5.32 Å². The van der Waals surface area contributed by atoms with Gasteiger partial charge in [0.15, 0.2) is 0 Å². The van der Waals surface area contributed by atoms with Crippen LogP contribution in [-0.2, 0) is 6.42 Å². The van der Waals surface area contributed by atoms with Gasteiger partial charge in [-0.15, -0.1) is 0 Å². The van der Waals surface area contributed by atoms with Gasteiger partial charge in [0.25, 0.3) is 0 Å². The molecule has 0 aliphatic heterocycles. The van der Waals surface area contributed by atoms with Gasteiger partial charge in [0, 0.05) is 6.04 Å². The second-order valence-corrected chi connectivity index (χ2v) is 5.87. The van der Waals surface area contributed by atoms with Gasteiger partial charge in [-0.05, 0) is 62.8 Å². The van der Waals surface area contributed by atoms with E-state index in [-0.39, 0.29) is 6.10 Å². The average molecular weight is 263 g/mol. The number of hydrogen-bond donors (Lipinski definition) is 3. The van der Waals surface area contributed by atoms with Gasteiger partial charge in [-0.3, -0.25) is 0 Å². The lowest BCUT2D eigenvalue weighted by Crippen LogP contribution is -2.35. The minimum atomic E-state index is -0.0899. The molecule has 1 aromatic carbocycles. The molecule has 1 aromatic rings. The summed E-state index contributed by atoms with van der Waals surface area (Å²) in [6, 6.07) is 7.83. The topological polar surface area (TPSA) is 52.5 Å². The van der Waals surface area contributed by atoms with E-state index < -0.39 is 0 Å². The van der Waals surface area contributed by atoms with Gasteiger partial charge in [-0.25, -0.2) is 0 Å². The molecule has 0 aromatic heterocycles. The van der Waals surface area contributed by atoms with Crippen molar-refractivity contribution in [1.82, 2.24) is 5.32 Å². The highest BCUT2D eigenvalue weighted by molar-refractivity contribution is 5.26. The number of aromatic hydroxyl groups is 1. The second-order valence-electron chi connectivity index (χ2n) is 5.87. The average Bonchev–Trinajstić information content (AvgIpc) is 2.39. The number of rotatable bonds is 5. The van der Waals surface area contributed by atoms with Gasteiger partial charge in [-0.1, -0.05) is 18.6 Å². The Labute approximate surface area is 115 Å². The van der Waals surface area contributed by atoms with E-state index in [1.165, 1.54) is 12.0 Å². The van der Waals surface area contributed by atoms with Crippen molar-refractivity contribution in [3.63, 3.8) is 0 Å². The fraction of sp³-hybridized carbons (Fsp3) is 0.625. The van der Waals surface area contributed by atoms with E-state index in [2.05, 4.69) is 12.2 Å². The summed E-state index contributed by atoms with van der Waals surface area (Å²) in [7, 11) is 0. The molecule has 2 rings (SSSR count). The predicted molar refractivity (Wildman–Crippen MR) is 77.2 cm³/mol. The monoisotopic (exact) mass is 263 g/mol. The van der Waals surface area contributed by atoms with Crippen molar-refractivity contribution in [3.8, 4) is 5.75 Å². The van der Waals surface area contributed by atoms with E-state index in [0.29, 0.717) is 17.7 Å². The van der Waals surface area contributed by atoms with Gasteiger partial charge < -0.3 is 15.5 Å². The van der Waals surface area contributed by atoms with Gasteiger partial charge in [0.2, 0.25) is 0 Å². The molecular formula is C16H25NO2. The Balaban J connectivity index is 1.72. The minimum absolute atomic E-state index is 0.0899.